The Labute approximate surface area is 210 Å². The summed E-state index contributed by atoms with van der Waals surface area (Å²) in [5.74, 6) is 0. The predicted molar refractivity (Wildman–Crippen MR) is 139 cm³/mol. The van der Waals surface area contributed by atoms with Gasteiger partial charge < -0.3 is 25.2 Å². The standard InChI is InChI=1S/C23H30ClN5O5S/c1-23(2,3)34-22(31)29-13-11-28(12-14-29)18-8-6-17(7-9-18)25-21(30)26-20-15-16(24)5-10-19(20)27-35(4,32)33/h5-10,15,27H,11-14H2,1-4H3,(H2,25,26,30). The number of piperazine rings is 1. The summed E-state index contributed by atoms with van der Waals surface area (Å²) in [5.41, 5.74) is 1.42. The number of halogens is 1. The van der Waals surface area contributed by atoms with E-state index in [0.29, 0.717) is 36.9 Å². The topological polar surface area (TPSA) is 120 Å². The molecular formula is C23H30ClN5O5S. The van der Waals surface area contributed by atoms with E-state index in [9.17, 15) is 18.0 Å². The zero-order chi connectivity index (χ0) is 25.8. The van der Waals surface area contributed by atoms with Gasteiger partial charge in [-0.15, -0.1) is 0 Å². The molecule has 12 heteroatoms. The molecule has 0 unspecified atom stereocenters. The highest BCUT2D eigenvalue weighted by atomic mass is 35.5. The second-order valence-electron chi connectivity index (χ2n) is 9.14. The van der Waals surface area contributed by atoms with Gasteiger partial charge in [-0.05, 0) is 63.2 Å². The molecule has 190 valence electrons. The maximum Gasteiger partial charge on any atom is 0.410 e. The molecule has 0 atom stereocenters. The molecule has 1 fully saturated rings. The fraction of sp³-hybridized carbons (Fsp3) is 0.391. The number of sulfonamides is 1. The number of anilines is 4. The number of carbonyl (C=O) groups is 2. The molecule has 0 aliphatic carbocycles. The van der Waals surface area contributed by atoms with Crippen LogP contribution in [-0.2, 0) is 14.8 Å². The van der Waals surface area contributed by atoms with Crippen molar-refractivity contribution in [2.24, 2.45) is 0 Å². The van der Waals surface area contributed by atoms with Gasteiger partial charge in [0.15, 0.2) is 0 Å². The van der Waals surface area contributed by atoms with Gasteiger partial charge in [0, 0.05) is 42.6 Å². The first kappa shape index (κ1) is 26.4. The summed E-state index contributed by atoms with van der Waals surface area (Å²) in [6.45, 7) is 7.97. The number of hydrogen-bond donors (Lipinski definition) is 3. The summed E-state index contributed by atoms with van der Waals surface area (Å²) in [6, 6.07) is 11.2. The minimum absolute atomic E-state index is 0.202. The Kier molecular flexibility index (Phi) is 8.01. The molecular weight excluding hydrogens is 494 g/mol. The lowest BCUT2D eigenvalue weighted by atomic mass is 10.2. The highest BCUT2D eigenvalue weighted by molar-refractivity contribution is 7.92. The third-order valence-electron chi connectivity index (χ3n) is 4.95. The van der Waals surface area contributed by atoms with Crippen LogP contribution in [0.15, 0.2) is 42.5 Å². The van der Waals surface area contributed by atoms with E-state index in [1.54, 1.807) is 17.0 Å². The Morgan fingerprint density at radius 2 is 1.57 bits per heavy atom. The summed E-state index contributed by atoms with van der Waals surface area (Å²) in [5, 5.41) is 5.67. The smallest absolute Gasteiger partial charge is 0.410 e. The van der Waals surface area contributed by atoms with E-state index in [2.05, 4.69) is 20.3 Å². The second-order valence-corrected chi connectivity index (χ2v) is 11.3. The number of urea groups is 1. The molecule has 3 amide bonds. The van der Waals surface area contributed by atoms with Crippen LogP contribution >= 0.6 is 11.6 Å². The second kappa shape index (κ2) is 10.6. The summed E-state index contributed by atoms with van der Waals surface area (Å²) in [6.07, 6.45) is 0.710. The normalized spacial score (nSPS) is 14.3. The number of carbonyl (C=O) groups excluding carboxylic acids is 2. The molecule has 1 heterocycles. The molecule has 1 aliphatic rings. The first-order chi connectivity index (χ1) is 16.3. The lowest BCUT2D eigenvalue weighted by Crippen LogP contribution is -2.50. The molecule has 1 aliphatic heterocycles. The lowest BCUT2D eigenvalue weighted by molar-refractivity contribution is 0.0240. The van der Waals surface area contributed by atoms with Gasteiger partial charge in [0.2, 0.25) is 10.0 Å². The van der Waals surface area contributed by atoms with E-state index in [1.807, 2.05) is 32.9 Å². The predicted octanol–water partition coefficient (Wildman–Crippen LogP) is 4.41. The van der Waals surface area contributed by atoms with E-state index in [4.69, 9.17) is 16.3 Å². The zero-order valence-corrected chi connectivity index (χ0v) is 21.7. The summed E-state index contributed by atoms with van der Waals surface area (Å²) in [7, 11) is -3.54. The SMILES string of the molecule is CC(C)(C)OC(=O)N1CCN(c2ccc(NC(=O)Nc3cc(Cl)ccc3NS(C)(=O)=O)cc2)CC1. The van der Waals surface area contributed by atoms with Crippen molar-refractivity contribution in [1.82, 2.24) is 4.90 Å². The Balaban J connectivity index is 1.56. The van der Waals surface area contributed by atoms with Crippen molar-refractivity contribution in [2.45, 2.75) is 26.4 Å². The van der Waals surface area contributed by atoms with Gasteiger partial charge in [-0.3, -0.25) is 4.72 Å². The number of benzene rings is 2. The van der Waals surface area contributed by atoms with Gasteiger partial charge in [0.1, 0.15) is 5.60 Å². The number of amides is 3. The van der Waals surface area contributed by atoms with Crippen LogP contribution in [0, 0.1) is 0 Å². The quantitative estimate of drug-likeness (QED) is 0.534. The number of nitrogens with one attached hydrogen (secondary N) is 3. The highest BCUT2D eigenvalue weighted by Crippen LogP contribution is 2.27. The van der Waals surface area contributed by atoms with Crippen molar-refractivity contribution in [3.8, 4) is 0 Å². The van der Waals surface area contributed by atoms with E-state index in [0.717, 1.165) is 11.9 Å². The van der Waals surface area contributed by atoms with Gasteiger partial charge in [-0.1, -0.05) is 11.6 Å². The van der Waals surface area contributed by atoms with Gasteiger partial charge in [0.05, 0.1) is 17.6 Å². The molecule has 3 rings (SSSR count). The van der Waals surface area contributed by atoms with Crippen LogP contribution in [0.5, 0.6) is 0 Å². The molecule has 2 aromatic carbocycles. The fourth-order valence-electron chi connectivity index (χ4n) is 3.42. The Bertz CT molecular complexity index is 1170. The van der Waals surface area contributed by atoms with Gasteiger partial charge >= 0.3 is 12.1 Å². The maximum atomic E-state index is 12.5. The average Bonchev–Trinajstić information content (AvgIpc) is 2.74. The number of ether oxygens (including phenoxy) is 1. The van der Waals surface area contributed by atoms with Crippen LogP contribution in [0.3, 0.4) is 0 Å². The first-order valence-corrected chi connectivity index (χ1v) is 13.2. The van der Waals surface area contributed by atoms with Crippen LogP contribution in [0.4, 0.5) is 32.3 Å². The molecule has 2 aromatic rings. The van der Waals surface area contributed by atoms with Crippen LogP contribution in [0.1, 0.15) is 20.8 Å². The molecule has 0 bridgehead atoms. The monoisotopic (exact) mass is 523 g/mol. The van der Waals surface area contributed by atoms with Crippen molar-refractivity contribution in [3.05, 3.63) is 47.5 Å². The number of nitrogens with zero attached hydrogens (tertiary/aromatic N) is 2. The molecule has 10 nitrogen and oxygen atoms in total. The van der Waals surface area contributed by atoms with Crippen LogP contribution in [0.25, 0.3) is 0 Å². The van der Waals surface area contributed by atoms with E-state index in [-0.39, 0.29) is 17.5 Å². The molecule has 0 aromatic heterocycles. The minimum atomic E-state index is -3.54. The molecule has 3 N–H and O–H groups in total. The summed E-state index contributed by atoms with van der Waals surface area (Å²) in [4.78, 5) is 28.6. The Morgan fingerprint density at radius 3 is 2.14 bits per heavy atom. The van der Waals surface area contributed by atoms with E-state index >= 15 is 0 Å². The average molecular weight is 524 g/mol. The van der Waals surface area contributed by atoms with Gasteiger partial charge in [0.25, 0.3) is 0 Å². The van der Waals surface area contributed by atoms with Crippen LogP contribution < -0.4 is 20.3 Å². The number of hydrogen-bond acceptors (Lipinski definition) is 6. The highest BCUT2D eigenvalue weighted by Gasteiger charge is 2.26. The van der Waals surface area contributed by atoms with Crippen LogP contribution in [0.2, 0.25) is 5.02 Å². The summed E-state index contributed by atoms with van der Waals surface area (Å²) >= 11 is 6.00. The van der Waals surface area contributed by atoms with E-state index < -0.39 is 21.7 Å². The first-order valence-electron chi connectivity index (χ1n) is 11.0. The van der Waals surface area contributed by atoms with E-state index in [1.165, 1.54) is 18.2 Å². The third-order valence-corrected chi connectivity index (χ3v) is 5.77. The van der Waals surface area contributed by atoms with Crippen LogP contribution in [-0.4, -0.2) is 63.5 Å². The van der Waals surface area contributed by atoms with Crippen molar-refractivity contribution in [2.75, 3.05) is 52.7 Å². The third kappa shape index (κ3) is 8.22. The molecule has 0 saturated carbocycles. The molecule has 0 radical (unpaired) electrons. The molecule has 1 saturated heterocycles. The van der Waals surface area contributed by atoms with Gasteiger partial charge in [-0.25, -0.2) is 18.0 Å². The van der Waals surface area contributed by atoms with Crippen molar-refractivity contribution in [3.63, 3.8) is 0 Å². The van der Waals surface area contributed by atoms with Crippen molar-refractivity contribution >= 4 is 56.5 Å². The Morgan fingerprint density at radius 1 is 0.943 bits per heavy atom. The largest absolute Gasteiger partial charge is 0.444 e. The van der Waals surface area contributed by atoms with Crippen molar-refractivity contribution in [1.29, 1.82) is 0 Å². The summed E-state index contributed by atoms with van der Waals surface area (Å²) < 4.78 is 30.9. The minimum Gasteiger partial charge on any atom is -0.444 e. The molecule has 0 spiro atoms. The fourth-order valence-corrected chi connectivity index (χ4v) is 4.17. The zero-order valence-electron chi connectivity index (χ0n) is 20.1. The van der Waals surface area contributed by atoms with Gasteiger partial charge in [-0.2, -0.15) is 0 Å². The molecule has 35 heavy (non-hydrogen) atoms. The Hall–Kier alpha value is -3.18. The van der Waals surface area contributed by atoms with Crippen molar-refractivity contribution < 1.29 is 22.7 Å². The lowest BCUT2D eigenvalue weighted by Gasteiger charge is -2.36. The number of rotatable bonds is 5. The maximum absolute atomic E-state index is 12.5.